The second kappa shape index (κ2) is 5.77. The van der Waals surface area contributed by atoms with E-state index in [4.69, 9.17) is 0 Å². The SMILES string of the molecule is Cc1[nH]nc(C2CC2)c1C(=O)NCCc1nc2ccccc2s1. The van der Waals surface area contributed by atoms with Gasteiger partial charge in [-0.1, -0.05) is 12.1 Å². The van der Waals surface area contributed by atoms with E-state index in [0.29, 0.717) is 12.5 Å². The summed E-state index contributed by atoms with van der Waals surface area (Å²) in [6, 6.07) is 8.11. The van der Waals surface area contributed by atoms with Crippen LogP contribution in [-0.2, 0) is 6.42 Å². The first-order chi connectivity index (χ1) is 11.2. The molecule has 1 aliphatic carbocycles. The third kappa shape index (κ3) is 2.86. The van der Waals surface area contributed by atoms with Crippen LogP contribution in [0.3, 0.4) is 0 Å². The summed E-state index contributed by atoms with van der Waals surface area (Å²) >= 11 is 1.69. The number of aromatic nitrogens is 3. The van der Waals surface area contributed by atoms with Gasteiger partial charge in [-0.25, -0.2) is 4.98 Å². The van der Waals surface area contributed by atoms with Crippen molar-refractivity contribution < 1.29 is 4.79 Å². The number of aryl methyl sites for hydroxylation is 1. The number of carbonyl (C=O) groups is 1. The van der Waals surface area contributed by atoms with Crippen LogP contribution in [-0.4, -0.2) is 27.6 Å². The van der Waals surface area contributed by atoms with Crippen molar-refractivity contribution in [3.8, 4) is 0 Å². The molecule has 2 aromatic heterocycles. The lowest BCUT2D eigenvalue weighted by Gasteiger charge is -2.05. The molecule has 0 spiro atoms. The average molecular weight is 326 g/mol. The first-order valence-electron chi connectivity index (χ1n) is 7.90. The van der Waals surface area contributed by atoms with Crippen molar-refractivity contribution in [3.05, 3.63) is 46.2 Å². The van der Waals surface area contributed by atoms with Gasteiger partial charge in [0.05, 0.1) is 26.5 Å². The van der Waals surface area contributed by atoms with Crippen LogP contribution in [0.25, 0.3) is 10.2 Å². The Morgan fingerprint density at radius 2 is 2.22 bits per heavy atom. The number of carbonyl (C=O) groups excluding carboxylic acids is 1. The third-order valence-electron chi connectivity index (χ3n) is 4.13. The molecule has 1 fully saturated rings. The molecule has 0 atom stereocenters. The summed E-state index contributed by atoms with van der Waals surface area (Å²) < 4.78 is 1.19. The van der Waals surface area contributed by atoms with E-state index in [2.05, 4.69) is 26.6 Å². The second-order valence-corrected chi connectivity index (χ2v) is 7.08. The summed E-state index contributed by atoms with van der Waals surface area (Å²) in [5.41, 5.74) is 3.54. The van der Waals surface area contributed by atoms with Crippen LogP contribution in [0.1, 0.15) is 45.5 Å². The molecule has 0 bridgehead atoms. The summed E-state index contributed by atoms with van der Waals surface area (Å²) in [4.78, 5) is 17.0. The molecule has 23 heavy (non-hydrogen) atoms. The molecule has 2 N–H and O–H groups in total. The highest BCUT2D eigenvalue weighted by atomic mass is 32.1. The quantitative estimate of drug-likeness (QED) is 0.756. The third-order valence-corrected chi connectivity index (χ3v) is 5.23. The summed E-state index contributed by atoms with van der Waals surface area (Å²) in [5.74, 6) is 0.434. The maximum atomic E-state index is 12.5. The van der Waals surface area contributed by atoms with Crippen LogP contribution >= 0.6 is 11.3 Å². The minimum atomic E-state index is -0.0285. The maximum absolute atomic E-state index is 12.5. The minimum absolute atomic E-state index is 0.0285. The number of benzene rings is 1. The van der Waals surface area contributed by atoms with E-state index in [-0.39, 0.29) is 5.91 Å². The van der Waals surface area contributed by atoms with E-state index in [0.717, 1.165) is 46.7 Å². The van der Waals surface area contributed by atoms with Crippen molar-refractivity contribution in [2.45, 2.75) is 32.1 Å². The van der Waals surface area contributed by atoms with Crippen molar-refractivity contribution in [1.82, 2.24) is 20.5 Å². The lowest BCUT2D eigenvalue weighted by atomic mass is 10.1. The molecule has 1 amide bonds. The van der Waals surface area contributed by atoms with Gasteiger partial charge in [-0.3, -0.25) is 9.89 Å². The fourth-order valence-corrected chi connectivity index (χ4v) is 3.75. The Morgan fingerprint density at radius 3 is 3.00 bits per heavy atom. The minimum Gasteiger partial charge on any atom is -0.351 e. The van der Waals surface area contributed by atoms with Crippen LogP contribution in [0.2, 0.25) is 0 Å². The zero-order chi connectivity index (χ0) is 15.8. The van der Waals surface area contributed by atoms with Crippen molar-refractivity contribution in [3.63, 3.8) is 0 Å². The molecule has 4 rings (SSSR count). The molecule has 118 valence electrons. The second-order valence-electron chi connectivity index (χ2n) is 5.96. The van der Waals surface area contributed by atoms with Crippen molar-refractivity contribution in [2.75, 3.05) is 6.54 Å². The average Bonchev–Trinajstić information content (AvgIpc) is 3.19. The number of nitrogens with one attached hydrogen (secondary N) is 2. The van der Waals surface area contributed by atoms with Gasteiger partial charge in [0.15, 0.2) is 0 Å². The van der Waals surface area contributed by atoms with Crippen LogP contribution in [0.4, 0.5) is 0 Å². The monoisotopic (exact) mass is 326 g/mol. The molecule has 0 radical (unpaired) electrons. The van der Waals surface area contributed by atoms with Gasteiger partial charge in [0.25, 0.3) is 5.91 Å². The summed E-state index contributed by atoms with van der Waals surface area (Å²) in [6.45, 7) is 2.49. The lowest BCUT2D eigenvalue weighted by molar-refractivity contribution is 0.0952. The zero-order valence-electron chi connectivity index (χ0n) is 12.9. The lowest BCUT2D eigenvalue weighted by Crippen LogP contribution is -2.26. The molecule has 5 nitrogen and oxygen atoms in total. The number of amides is 1. The highest BCUT2D eigenvalue weighted by Crippen LogP contribution is 2.41. The Labute approximate surface area is 138 Å². The number of thiazole rings is 1. The smallest absolute Gasteiger partial charge is 0.255 e. The summed E-state index contributed by atoms with van der Waals surface area (Å²) in [7, 11) is 0. The number of H-pyrrole nitrogens is 1. The highest BCUT2D eigenvalue weighted by molar-refractivity contribution is 7.18. The fourth-order valence-electron chi connectivity index (χ4n) is 2.78. The van der Waals surface area contributed by atoms with E-state index < -0.39 is 0 Å². The summed E-state index contributed by atoms with van der Waals surface area (Å²) in [6.07, 6.45) is 3.02. The van der Waals surface area contributed by atoms with Gasteiger partial charge < -0.3 is 5.32 Å². The number of rotatable bonds is 5. The Morgan fingerprint density at radius 1 is 1.39 bits per heavy atom. The number of hydrogen-bond donors (Lipinski definition) is 2. The van der Waals surface area contributed by atoms with Gasteiger partial charge in [0, 0.05) is 24.6 Å². The van der Waals surface area contributed by atoms with E-state index in [1.807, 2.05) is 25.1 Å². The topological polar surface area (TPSA) is 70.7 Å². The Bertz CT molecular complexity index is 829. The predicted molar refractivity (Wildman–Crippen MR) is 91.0 cm³/mol. The Balaban J connectivity index is 1.41. The first kappa shape index (κ1) is 14.4. The molecular formula is C17H18N4OS. The molecule has 3 aromatic rings. The van der Waals surface area contributed by atoms with Crippen molar-refractivity contribution in [1.29, 1.82) is 0 Å². The molecule has 1 aromatic carbocycles. The number of hydrogen-bond acceptors (Lipinski definition) is 4. The fraction of sp³-hybridized carbons (Fsp3) is 0.353. The van der Waals surface area contributed by atoms with Crippen LogP contribution in [0, 0.1) is 6.92 Å². The Hall–Kier alpha value is -2.21. The number of fused-ring (bicyclic) bond motifs is 1. The van der Waals surface area contributed by atoms with Gasteiger partial charge in [0.2, 0.25) is 0 Å². The van der Waals surface area contributed by atoms with Crippen molar-refractivity contribution in [2.24, 2.45) is 0 Å². The highest BCUT2D eigenvalue weighted by Gasteiger charge is 2.31. The van der Waals surface area contributed by atoms with Gasteiger partial charge in [0.1, 0.15) is 0 Å². The predicted octanol–water partition coefficient (Wildman–Crippen LogP) is 3.18. The maximum Gasteiger partial charge on any atom is 0.255 e. The summed E-state index contributed by atoms with van der Waals surface area (Å²) in [5, 5.41) is 11.3. The van der Waals surface area contributed by atoms with Gasteiger partial charge in [-0.2, -0.15) is 5.10 Å². The van der Waals surface area contributed by atoms with Gasteiger partial charge in [-0.05, 0) is 31.9 Å². The molecule has 6 heteroatoms. The normalized spacial score (nSPS) is 14.3. The van der Waals surface area contributed by atoms with E-state index in [9.17, 15) is 4.79 Å². The molecule has 1 aliphatic rings. The molecule has 2 heterocycles. The number of nitrogens with zero attached hydrogens (tertiary/aromatic N) is 2. The van der Waals surface area contributed by atoms with E-state index >= 15 is 0 Å². The number of para-hydroxylation sites is 1. The largest absolute Gasteiger partial charge is 0.351 e. The molecule has 0 unspecified atom stereocenters. The van der Waals surface area contributed by atoms with Crippen LogP contribution in [0.15, 0.2) is 24.3 Å². The molecule has 0 saturated heterocycles. The Kier molecular flexibility index (Phi) is 3.61. The van der Waals surface area contributed by atoms with Gasteiger partial charge >= 0.3 is 0 Å². The molecule has 0 aliphatic heterocycles. The van der Waals surface area contributed by atoms with Crippen LogP contribution in [0.5, 0.6) is 0 Å². The molecular weight excluding hydrogens is 308 g/mol. The number of aromatic amines is 1. The van der Waals surface area contributed by atoms with E-state index in [1.165, 1.54) is 4.70 Å². The first-order valence-corrected chi connectivity index (χ1v) is 8.71. The van der Waals surface area contributed by atoms with E-state index in [1.54, 1.807) is 11.3 Å². The van der Waals surface area contributed by atoms with Gasteiger partial charge in [-0.15, -0.1) is 11.3 Å². The van der Waals surface area contributed by atoms with Crippen molar-refractivity contribution >= 4 is 27.5 Å². The molecule has 1 saturated carbocycles. The zero-order valence-corrected chi connectivity index (χ0v) is 13.7. The van der Waals surface area contributed by atoms with Crippen LogP contribution < -0.4 is 5.32 Å². The standard InChI is InChI=1S/C17H18N4OS/c1-10-15(16(21-20-10)11-6-7-11)17(22)18-9-8-14-19-12-4-2-3-5-13(12)23-14/h2-5,11H,6-9H2,1H3,(H,18,22)(H,20,21).